The zero-order valence-electron chi connectivity index (χ0n) is 10.3. The number of rotatable bonds is 6. The lowest BCUT2D eigenvalue weighted by molar-refractivity contribution is -0.139. The summed E-state index contributed by atoms with van der Waals surface area (Å²) < 4.78 is 28.6. The van der Waals surface area contributed by atoms with E-state index in [0.717, 1.165) is 22.7 Å². The fourth-order valence-electron chi connectivity index (χ4n) is 2.15. The maximum atomic E-state index is 11.9. The van der Waals surface area contributed by atoms with Crippen LogP contribution in [-0.4, -0.2) is 35.7 Å². The number of fused-ring (bicyclic) bond motifs is 1. The molecular weight excluding hydrogens is 276 g/mol. The van der Waals surface area contributed by atoms with Gasteiger partial charge in [-0.2, -0.15) is 0 Å². The van der Waals surface area contributed by atoms with Crippen molar-refractivity contribution in [2.75, 3.05) is 13.2 Å². The molecule has 1 unspecified atom stereocenters. The Kier molecular flexibility index (Phi) is 4.81. The van der Waals surface area contributed by atoms with E-state index in [1.54, 1.807) is 0 Å². The van der Waals surface area contributed by atoms with Gasteiger partial charge in [-0.1, -0.05) is 0 Å². The average molecular weight is 291 g/mol. The first-order valence-corrected chi connectivity index (χ1v) is 6.96. The first-order valence-electron chi connectivity index (χ1n) is 6.15. The van der Waals surface area contributed by atoms with Crippen molar-refractivity contribution in [2.24, 2.45) is 0 Å². The minimum atomic E-state index is -2.46. The molecule has 1 aromatic rings. The molecule has 0 spiro atoms. The van der Waals surface area contributed by atoms with Crippen LogP contribution >= 0.6 is 11.3 Å². The van der Waals surface area contributed by atoms with Crippen LogP contribution in [0.2, 0.25) is 0 Å². The standard InChI is InChI=1S/C12H15F2NO3S/c13-9(14)6-18-5-4-10-15-11-7(12(16)17)2-1-3-8(11)19-10/h7,9H,1-6H2,(H,16,17). The number of alkyl halides is 2. The summed E-state index contributed by atoms with van der Waals surface area (Å²) in [6.07, 6.45) is 0.326. The molecule has 1 aliphatic rings. The zero-order valence-corrected chi connectivity index (χ0v) is 11.1. The number of hydrogen-bond donors (Lipinski definition) is 1. The van der Waals surface area contributed by atoms with Gasteiger partial charge in [-0.25, -0.2) is 13.8 Å². The molecule has 2 rings (SSSR count). The summed E-state index contributed by atoms with van der Waals surface area (Å²) in [4.78, 5) is 16.5. The Morgan fingerprint density at radius 1 is 1.58 bits per heavy atom. The predicted octanol–water partition coefficient (Wildman–Crippen LogP) is 2.47. The number of nitrogens with zero attached hydrogens (tertiary/aromatic N) is 1. The number of carbonyl (C=O) groups is 1. The molecular formula is C12H15F2NO3S. The quantitative estimate of drug-likeness (QED) is 0.818. The van der Waals surface area contributed by atoms with Crippen LogP contribution in [0, 0.1) is 0 Å². The van der Waals surface area contributed by atoms with Crippen LogP contribution in [0.5, 0.6) is 0 Å². The van der Waals surface area contributed by atoms with Crippen LogP contribution in [0.15, 0.2) is 0 Å². The summed E-state index contributed by atoms with van der Waals surface area (Å²) in [5, 5.41) is 9.90. The third-order valence-corrected chi connectivity index (χ3v) is 4.19. The van der Waals surface area contributed by atoms with E-state index in [1.165, 1.54) is 11.3 Å². The van der Waals surface area contributed by atoms with Gasteiger partial charge in [0.15, 0.2) is 0 Å². The molecule has 19 heavy (non-hydrogen) atoms. The van der Waals surface area contributed by atoms with Crippen LogP contribution in [0.1, 0.15) is 34.3 Å². The molecule has 1 aromatic heterocycles. The van der Waals surface area contributed by atoms with Gasteiger partial charge in [-0.3, -0.25) is 4.79 Å². The number of thiazole rings is 1. The van der Waals surface area contributed by atoms with E-state index >= 15 is 0 Å². The van der Waals surface area contributed by atoms with E-state index in [2.05, 4.69) is 4.98 Å². The Balaban J connectivity index is 1.95. The van der Waals surface area contributed by atoms with Gasteiger partial charge in [-0.05, 0) is 19.3 Å². The summed E-state index contributed by atoms with van der Waals surface area (Å²) in [5.74, 6) is -1.36. The molecule has 1 atom stereocenters. The SMILES string of the molecule is O=C(O)C1CCCc2sc(CCOCC(F)F)nc21. The third kappa shape index (κ3) is 3.70. The Labute approximate surface area is 113 Å². The molecule has 0 aromatic carbocycles. The normalized spacial score (nSPS) is 18.6. The van der Waals surface area contributed by atoms with Crippen molar-refractivity contribution in [3.8, 4) is 0 Å². The molecule has 0 bridgehead atoms. The first-order chi connectivity index (χ1) is 9.08. The molecule has 4 nitrogen and oxygen atoms in total. The van der Waals surface area contributed by atoms with Crippen LogP contribution in [0.4, 0.5) is 8.78 Å². The fourth-order valence-corrected chi connectivity index (χ4v) is 3.30. The number of carboxylic acid groups (broad SMARTS) is 1. The van der Waals surface area contributed by atoms with E-state index in [-0.39, 0.29) is 6.61 Å². The van der Waals surface area contributed by atoms with Gasteiger partial charge in [-0.15, -0.1) is 11.3 Å². The minimum Gasteiger partial charge on any atom is -0.481 e. The van der Waals surface area contributed by atoms with Crippen molar-refractivity contribution in [1.29, 1.82) is 0 Å². The molecule has 0 aliphatic heterocycles. The van der Waals surface area contributed by atoms with Gasteiger partial charge < -0.3 is 9.84 Å². The summed E-state index contributed by atoms with van der Waals surface area (Å²) in [6, 6.07) is 0. The monoisotopic (exact) mass is 291 g/mol. The highest BCUT2D eigenvalue weighted by atomic mass is 32.1. The van der Waals surface area contributed by atoms with Crippen molar-refractivity contribution in [1.82, 2.24) is 4.98 Å². The van der Waals surface area contributed by atoms with Crippen molar-refractivity contribution >= 4 is 17.3 Å². The van der Waals surface area contributed by atoms with E-state index < -0.39 is 24.9 Å². The second-order valence-corrected chi connectivity index (χ2v) is 5.58. The number of aliphatic carboxylic acids is 1. The Bertz CT molecular complexity index is 450. The molecule has 1 N–H and O–H groups in total. The highest BCUT2D eigenvalue weighted by Gasteiger charge is 2.29. The van der Waals surface area contributed by atoms with Crippen LogP contribution in [-0.2, 0) is 22.4 Å². The molecule has 0 saturated heterocycles. The van der Waals surface area contributed by atoms with Crippen LogP contribution < -0.4 is 0 Å². The van der Waals surface area contributed by atoms with Gasteiger partial charge in [0.25, 0.3) is 6.43 Å². The van der Waals surface area contributed by atoms with Gasteiger partial charge in [0, 0.05) is 11.3 Å². The molecule has 0 fully saturated rings. The van der Waals surface area contributed by atoms with Crippen molar-refractivity contribution in [2.45, 2.75) is 38.0 Å². The van der Waals surface area contributed by atoms with Crippen LogP contribution in [0.3, 0.4) is 0 Å². The topological polar surface area (TPSA) is 59.4 Å². The fraction of sp³-hybridized carbons (Fsp3) is 0.667. The largest absolute Gasteiger partial charge is 0.481 e. The van der Waals surface area contributed by atoms with E-state index in [0.29, 0.717) is 18.5 Å². The second kappa shape index (κ2) is 6.38. The lowest BCUT2D eigenvalue weighted by Gasteiger charge is -2.16. The minimum absolute atomic E-state index is 0.189. The molecule has 0 saturated carbocycles. The van der Waals surface area contributed by atoms with E-state index in [9.17, 15) is 13.6 Å². The highest BCUT2D eigenvalue weighted by Crippen LogP contribution is 2.35. The van der Waals surface area contributed by atoms with Gasteiger partial charge in [0.1, 0.15) is 6.61 Å². The summed E-state index contributed by atoms with van der Waals surface area (Å²) in [5.41, 5.74) is 0.660. The molecule has 7 heteroatoms. The molecule has 1 aliphatic carbocycles. The number of aromatic nitrogens is 1. The molecule has 1 heterocycles. The number of hydrogen-bond acceptors (Lipinski definition) is 4. The smallest absolute Gasteiger partial charge is 0.312 e. The van der Waals surface area contributed by atoms with Crippen molar-refractivity contribution in [3.63, 3.8) is 0 Å². The molecule has 106 valence electrons. The summed E-state index contributed by atoms with van der Waals surface area (Å²) in [7, 11) is 0. The Hall–Kier alpha value is -1.08. The van der Waals surface area contributed by atoms with E-state index in [4.69, 9.17) is 9.84 Å². The number of ether oxygens (including phenoxy) is 1. The first kappa shape index (κ1) is 14.3. The molecule has 0 amide bonds. The predicted molar refractivity (Wildman–Crippen MR) is 66.0 cm³/mol. The zero-order chi connectivity index (χ0) is 13.8. The number of halogens is 2. The van der Waals surface area contributed by atoms with Gasteiger partial charge >= 0.3 is 5.97 Å². The van der Waals surface area contributed by atoms with Crippen LogP contribution in [0.25, 0.3) is 0 Å². The highest BCUT2D eigenvalue weighted by molar-refractivity contribution is 7.11. The third-order valence-electron chi connectivity index (χ3n) is 3.00. The summed E-state index contributed by atoms with van der Waals surface area (Å²) in [6.45, 7) is -0.378. The van der Waals surface area contributed by atoms with Gasteiger partial charge in [0.05, 0.1) is 23.2 Å². The lowest BCUT2D eigenvalue weighted by atomic mass is 9.91. The lowest BCUT2D eigenvalue weighted by Crippen LogP contribution is -2.17. The van der Waals surface area contributed by atoms with Gasteiger partial charge in [0.2, 0.25) is 0 Å². The van der Waals surface area contributed by atoms with E-state index in [1.807, 2.05) is 0 Å². The maximum absolute atomic E-state index is 11.9. The average Bonchev–Trinajstić information content (AvgIpc) is 2.76. The molecule has 0 radical (unpaired) electrons. The maximum Gasteiger partial charge on any atom is 0.312 e. The van der Waals surface area contributed by atoms with Crippen molar-refractivity contribution in [3.05, 3.63) is 15.6 Å². The Morgan fingerprint density at radius 2 is 2.37 bits per heavy atom. The number of carboxylic acids is 1. The Morgan fingerprint density at radius 3 is 3.05 bits per heavy atom. The second-order valence-electron chi connectivity index (χ2n) is 4.42. The summed E-state index contributed by atoms with van der Waals surface area (Å²) >= 11 is 1.47. The van der Waals surface area contributed by atoms with Crippen molar-refractivity contribution < 1.29 is 23.4 Å². The number of aryl methyl sites for hydroxylation is 1.